The number of nitrogens with zero attached hydrogens (tertiary/aromatic N) is 4. The van der Waals surface area contributed by atoms with Crippen molar-refractivity contribution in [3.63, 3.8) is 0 Å². The second kappa shape index (κ2) is 19.5. The third-order valence-corrected chi connectivity index (χ3v) is 3.56. The number of benzene rings is 1. The minimum absolute atomic E-state index is 0. The largest absolute Gasteiger partial charge is 0.255 e. The first-order valence-corrected chi connectivity index (χ1v) is 7.74. The SMILES string of the molecule is Br.Br.Br.Br.Cc1cc(N=Cc2ccccn2)c(C)cc1N=Cc1ccccn1.[Cu].[Cu]. The molecule has 1 aromatic carbocycles. The van der Waals surface area contributed by atoms with Crippen LogP contribution >= 0.6 is 67.9 Å². The molecular weight excluding hydrogens is 743 g/mol. The van der Waals surface area contributed by atoms with E-state index >= 15 is 0 Å². The van der Waals surface area contributed by atoms with E-state index in [9.17, 15) is 0 Å². The Morgan fingerprint density at radius 1 is 0.633 bits per heavy atom. The molecule has 0 aliphatic heterocycles. The van der Waals surface area contributed by atoms with Crippen molar-refractivity contribution in [1.82, 2.24) is 9.97 Å². The molecule has 2 aromatic heterocycles. The van der Waals surface area contributed by atoms with Crippen molar-refractivity contribution >= 4 is 91.7 Å². The molecule has 10 heteroatoms. The summed E-state index contributed by atoms with van der Waals surface area (Å²) in [4.78, 5) is 17.6. The molecule has 172 valence electrons. The zero-order valence-electron chi connectivity index (χ0n) is 16.0. The van der Waals surface area contributed by atoms with E-state index in [-0.39, 0.29) is 102 Å². The van der Waals surface area contributed by atoms with Crippen LogP contribution in [0.15, 0.2) is 70.9 Å². The van der Waals surface area contributed by atoms with E-state index in [1.165, 1.54) is 0 Å². The Labute approximate surface area is 240 Å². The van der Waals surface area contributed by atoms with Gasteiger partial charge < -0.3 is 0 Å². The van der Waals surface area contributed by atoms with Gasteiger partial charge in [-0.25, -0.2) is 0 Å². The monoisotopic (exact) mass is 760 g/mol. The first-order chi connectivity index (χ1) is 11.7. The summed E-state index contributed by atoms with van der Waals surface area (Å²) in [5.74, 6) is 0. The molecule has 0 amide bonds. The Hall–Kier alpha value is -0.181. The molecule has 0 aliphatic rings. The summed E-state index contributed by atoms with van der Waals surface area (Å²) in [6.07, 6.45) is 7.07. The van der Waals surface area contributed by atoms with Gasteiger partial charge in [-0.1, -0.05) is 12.1 Å². The number of hydrogen-bond acceptors (Lipinski definition) is 4. The minimum atomic E-state index is 0. The number of rotatable bonds is 4. The smallest absolute Gasteiger partial charge is 0.0812 e. The summed E-state index contributed by atoms with van der Waals surface area (Å²) in [7, 11) is 0. The molecule has 0 N–H and O–H groups in total. The van der Waals surface area contributed by atoms with Crippen LogP contribution in [0, 0.1) is 13.8 Å². The average Bonchev–Trinajstić information content (AvgIpc) is 2.62. The number of hydrogen-bond donors (Lipinski definition) is 0. The van der Waals surface area contributed by atoms with Crippen LogP contribution in [-0.4, -0.2) is 22.4 Å². The van der Waals surface area contributed by atoms with Crippen LogP contribution < -0.4 is 0 Å². The maximum absolute atomic E-state index is 4.54. The molecular formula is C20H22Br4Cu2N4. The van der Waals surface area contributed by atoms with Crippen LogP contribution in [0.5, 0.6) is 0 Å². The fraction of sp³-hybridized carbons (Fsp3) is 0.100. The van der Waals surface area contributed by atoms with Crippen molar-refractivity contribution in [3.8, 4) is 0 Å². The van der Waals surface area contributed by atoms with Crippen LogP contribution in [0.1, 0.15) is 22.5 Å². The third kappa shape index (κ3) is 11.4. The maximum Gasteiger partial charge on any atom is 0.0812 e. The van der Waals surface area contributed by atoms with Gasteiger partial charge in [0.1, 0.15) is 0 Å². The molecule has 0 aliphatic carbocycles. The van der Waals surface area contributed by atoms with Crippen molar-refractivity contribution in [3.05, 3.63) is 83.4 Å². The number of halogens is 4. The second-order valence-electron chi connectivity index (χ2n) is 5.45. The summed E-state index contributed by atoms with van der Waals surface area (Å²) in [6, 6.07) is 15.6. The molecule has 3 rings (SSSR count). The van der Waals surface area contributed by atoms with Crippen molar-refractivity contribution in [1.29, 1.82) is 0 Å². The van der Waals surface area contributed by atoms with Crippen LogP contribution in [-0.2, 0) is 34.1 Å². The van der Waals surface area contributed by atoms with E-state index < -0.39 is 0 Å². The molecule has 30 heavy (non-hydrogen) atoms. The Morgan fingerprint density at radius 3 is 1.30 bits per heavy atom. The van der Waals surface area contributed by atoms with Crippen molar-refractivity contribution in [2.75, 3.05) is 0 Å². The van der Waals surface area contributed by atoms with E-state index in [0.29, 0.717) is 0 Å². The fourth-order valence-electron chi connectivity index (χ4n) is 2.24. The Bertz CT molecular complexity index is 821. The van der Waals surface area contributed by atoms with Crippen LogP contribution in [0.25, 0.3) is 0 Å². The van der Waals surface area contributed by atoms with E-state index in [2.05, 4.69) is 20.0 Å². The predicted molar refractivity (Wildman–Crippen MR) is 140 cm³/mol. The van der Waals surface area contributed by atoms with Gasteiger partial charge in [-0.2, -0.15) is 0 Å². The first kappa shape index (κ1) is 37.2. The van der Waals surface area contributed by atoms with Gasteiger partial charge in [-0.05, 0) is 61.4 Å². The fourth-order valence-corrected chi connectivity index (χ4v) is 2.24. The van der Waals surface area contributed by atoms with Crippen LogP contribution in [0.4, 0.5) is 11.4 Å². The molecule has 2 heterocycles. The molecule has 0 fully saturated rings. The summed E-state index contributed by atoms with van der Waals surface area (Å²) >= 11 is 0. The molecule has 0 saturated carbocycles. The Balaban J connectivity index is -0.000000563. The topological polar surface area (TPSA) is 50.5 Å². The number of aliphatic imine (C=N–C) groups is 2. The van der Waals surface area contributed by atoms with E-state index in [1.54, 1.807) is 24.8 Å². The van der Waals surface area contributed by atoms with Gasteiger partial charge >= 0.3 is 0 Å². The van der Waals surface area contributed by atoms with Crippen molar-refractivity contribution < 1.29 is 34.1 Å². The number of aryl methyl sites for hydroxylation is 2. The van der Waals surface area contributed by atoms with E-state index in [1.807, 2.05) is 62.4 Å². The quantitative estimate of drug-likeness (QED) is 0.215. The first-order valence-electron chi connectivity index (χ1n) is 7.74. The van der Waals surface area contributed by atoms with Crippen molar-refractivity contribution in [2.45, 2.75) is 13.8 Å². The molecule has 2 radical (unpaired) electrons. The number of pyridine rings is 2. The molecule has 0 atom stereocenters. The van der Waals surface area contributed by atoms with Crippen LogP contribution in [0.2, 0.25) is 0 Å². The van der Waals surface area contributed by atoms with Gasteiger partial charge in [0.25, 0.3) is 0 Å². The summed E-state index contributed by atoms with van der Waals surface area (Å²) in [6.45, 7) is 4.06. The normalized spacial score (nSPS) is 9.13. The van der Waals surface area contributed by atoms with Gasteiger partial charge in [0, 0.05) is 46.5 Å². The van der Waals surface area contributed by atoms with Gasteiger partial charge in [-0.3, -0.25) is 20.0 Å². The molecule has 0 saturated heterocycles. The summed E-state index contributed by atoms with van der Waals surface area (Å²) < 4.78 is 0. The third-order valence-electron chi connectivity index (χ3n) is 3.56. The molecule has 0 spiro atoms. The Kier molecular flexibility index (Phi) is 24.1. The molecule has 4 nitrogen and oxygen atoms in total. The second-order valence-corrected chi connectivity index (χ2v) is 5.45. The number of aromatic nitrogens is 2. The van der Waals surface area contributed by atoms with Gasteiger partial charge in [-0.15, -0.1) is 67.9 Å². The molecule has 0 bridgehead atoms. The van der Waals surface area contributed by atoms with E-state index in [0.717, 1.165) is 33.9 Å². The minimum Gasteiger partial charge on any atom is -0.255 e. The zero-order valence-corrected chi connectivity index (χ0v) is 24.7. The summed E-state index contributed by atoms with van der Waals surface area (Å²) in [5, 5.41) is 0. The van der Waals surface area contributed by atoms with Gasteiger partial charge in [0.2, 0.25) is 0 Å². The maximum atomic E-state index is 4.54. The van der Waals surface area contributed by atoms with Gasteiger partial charge in [0.05, 0.1) is 35.2 Å². The van der Waals surface area contributed by atoms with Crippen molar-refractivity contribution in [2.24, 2.45) is 9.98 Å². The predicted octanol–water partition coefficient (Wildman–Crippen LogP) is 6.90. The standard InChI is InChI=1S/C20H18N4.4BrH.2Cu/c1-15-11-20(24-14-18-8-4-6-10-22-18)16(2)12-19(15)23-13-17-7-3-5-9-21-17;;;;;;/h3-14H,1-2H3;4*1H;;. The molecule has 3 aromatic rings. The van der Waals surface area contributed by atoms with E-state index in [4.69, 9.17) is 0 Å². The Morgan fingerprint density at radius 2 is 1.00 bits per heavy atom. The average molecular weight is 765 g/mol. The van der Waals surface area contributed by atoms with Crippen LogP contribution in [0.3, 0.4) is 0 Å². The zero-order chi connectivity index (χ0) is 16.8. The summed E-state index contributed by atoms with van der Waals surface area (Å²) in [5.41, 5.74) is 5.67. The molecule has 0 unspecified atom stereocenters. The van der Waals surface area contributed by atoms with Gasteiger partial charge in [0.15, 0.2) is 0 Å².